The molecule has 0 aromatic carbocycles. The molecule has 0 amide bonds. The number of aromatic nitrogens is 2. The molecule has 0 aliphatic carbocycles. The van der Waals surface area contributed by atoms with Crippen molar-refractivity contribution in [2.45, 2.75) is 10.8 Å². The molecule has 0 unspecified atom stereocenters. The van der Waals surface area contributed by atoms with E-state index < -0.39 is 10.0 Å². The highest BCUT2D eigenvalue weighted by Gasteiger charge is 2.18. The number of nitrogens with zero attached hydrogens (tertiary/aromatic N) is 1. The second kappa shape index (κ2) is 5.07. The summed E-state index contributed by atoms with van der Waals surface area (Å²) in [6.07, 6.45) is 3.18. The van der Waals surface area contributed by atoms with E-state index in [2.05, 4.69) is 30.8 Å². The van der Waals surface area contributed by atoms with Crippen molar-refractivity contribution in [3.8, 4) is 0 Å². The van der Waals surface area contributed by atoms with E-state index in [1.165, 1.54) is 6.07 Å². The molecule has 0 radical (unpaired) electrons. The minimum absolute atomic E-state index is 0.179. The summed E-state index contributed by atoms with van der Waals surface area (Å²) in [5.74, 6) is 0. The van der Waals surface area contributed by atoms with Crippen LogP contribution in [0, 0.1) is 0 Å². The van der Waals surface area contributed by atoms with Crippen LogP contribution >= 0.6 is 38.9 Å². The molecule has 2 N–H and O–H groups in total. The van der Waals surface area contributed by atoms with Crippen molar-refractivity contribution >= 4 is 48.9 Å². The van der Waals surface area contributed by atoms with Gasteiger partial charge in [-0.1, -0.05) is 11.6 Å². The molecule has 2 rings (SSSR count). The zero-order chi connectivity index (χ0) is 12.5. The summed E-state index contributed by atoms with van der Waals surface area (Å²) in [4.78, 5) is 0. The molecule has 0 aliphatic rings. The van der Waals surface area contributed by atoms with Crippen LogP contribution in [0.5, 0.6) is 0 Å². The zero-order valence-electron chi connectivity index (χ0n) is 8.28. The van der Waals surface area contributed by atoms with E-state index >= 15 is 0 Å². The van der Waals surface area contributed by atoms with Gasteiger partial charge in [0.05, 0.1) is 15.0 Å². The van der Waals surface area contributed by atoms with Crippen molar-refractivity contribution in [2.75, 3.05) is 0 Å². The molecule has 2 aromatic heterocycles. The Kier molecular flexibility index (Phi) is 3.88. The normalized spacial score (nSPS) is 11.9. The number of aromatic amines is 1. The van der Waals surface area contributed by atoms with E-state index in [1.54, 1.807) is 12.4 Å². The average Bonchev–Trinajstić information content (AvgIpc) is 2.87. The molecular weight excluding hydrogens is 350 g/mol. The van der Waals surface area contributed by atoms with E-state index in [0.717, 1.165) is 16.9 Å². The number of halogens is 2. The number of thiophene rings is 1. The number of H-pyrrole nitrogens is 1. The van der Waals surface area contributed by atoms with Gasteiger partial charge < -0.3 is 0 Å². The Balaban J connectivity index is 2.14. The third-order valence-corrected chi connectivity index (χ3v) is 6.26. The van der Waals surface area contributed by atoms with Crippen LogP contribution in [0.25, 0.3) is 0 Å². The third kappa shape index (κ3) is 3.08. The van der Waals surface area contributed by atoms with Gasteiger partial charge in [-0.25, -0.2) is 13.1 Å². The first kappa shape index (κ1) is 13.0. The number of sulfonamides is 1. The number of rotatable bonds is 4. The van der Waals surface area contributed by atoms with Gasteiger partial charge in [0.25, 0.3) is 0 Å². The van der Waals surface area contributed by atoms with Gasteiger partial charge in [-0.3, -0.25) is 5.10 Å². The Morgan fingerprint density at radius 3 is 2.88 bits per heavy atom. The lowest BCUT2D eigenvalue weighted by Gasteiger charge is -2.01. The van der Waals surface area contributed by atoms with Gasteiger partial charge >= 0.3 is 0 Å². The highest BCUT2D eigenvalue weighted by Crippen LogP contribution is 2.34. The molecule has 5 nitrogen and oxygen atoms in total. The molecular formula is C8H7BrClN3O2S2. The van der Waals surface area contributed by atoms with Crippen molar-refractivity contribution in [3.63, 3.8) is 0 Å². The number of hydrogen-bond donors (Lipinski definition) is 2. The fourth-order valence-electron chi connectivity index (χ4n) is 1.08. The molecule has 9 heteroatoms. The summed E-state index contributed by atoms with van der Waals surface area (Å²) in [6.45, 7) is 0.186. The Labute approximate surface area is 115 Å². The Bertz CT molecular complexity index is 589. The first-order valence-electron chi connectivity index (χ1n) is 4.41. The van der Waals surface area contributed by atoms with E-state index in [9.17, 15) is 8.42 Å². The second-order valence-electron chi connectivity index (χ2n) is 3.12. The molecule has 0 spiro atoms. The molecule has 2 aromatic rings. The maximum Gasteiger partial charge on any atom is 0.250 e. The monoisotopic (exact) mass is 355 g/mol. The number of nitrogens with one attached hydrogen (secondary N) is 2. The lowest BCUT2D eigenvalue weighted by atomic mass is 10.4. The molecule has 0 fully saturated rings. The van der Waals surface area contributed by atoms with Crippen molar-refractivity contribution in [1.82, 2.24) is 14.9 Å². The Morgan fingerprint density at radius 1 is 1.59 bits per heavy atom. The molecule has 0 aliphatic heterocycles. The van der Waals surface area contributed by atoms with Gasteiger partial charge in [0.15, 0.2) is 0 Å². The quantitative estimate of drug-likeness (QED) is 0.883. The van der Waals surface area contributed by atoms with Gasteiger partial charge in [-0.05, 0) is 22.0 Å². The predicted molar refractivity (Wildman–Crippen MR) is 69.6 cm³/mol. The standard InChI is InChI=1S/C8H7BrClN3O2S2/c9-8-6(10)1-7(16-8)17(14,15)13-4-5-2-11-12-3-5/h1-3,13H,4H2,(H,11,12). The van der Waals surface area contributed by atoms with Gasteiger partial charge in [0.1, 0.15) is 4.21 Å². The number of hydrogen-bond acceptors (Lipinski definition) is 4. The van der Waals surface area contributed by atoms with Crippen LogP contribution in [0.3, 0.4) is 0 Å². The molecule has 0 bridgehead atoms. The molecule has 0 saturated heterocycles. The maximum atomic E-state index is 11.9. The SMILES string of the molecule is O=S(=O)(NCc1cn[nH]c1)c1cc(Cl)c(Br)s1. The van der Waals surface area contributed by atoms with Crippen LogP contribution in [-0.2, 0) is 16.6 Å². The molecule has 0 atom stereocenters. The first-order chi connectivity index (χ1) is 7.99. The highest BCUT2D eigenvalue weighted by atomic mass is 79.9. The van der Waals surface area contributed by atoms with E-state index in [-0.39, 0.29) is 10.8 Å². The Morgan fingerprint density at radius 2 is 2.35 bits per heavy atom. The smallest absolute Gasteiger partial charge is 0.250 e. The third-order valence-electron chi connectivity index (χ3n) is 1.91. The van der Waals surface area contributed by atoms with Crippen molar-refractivity contribution < 1.29 is 8.42 Å². The summed E-state index contributed by atoms with van der Waals surface area (Å²) < 4.78 is 27.0. The largest absolute Gasteiger partial charge is 0.285 e. The van der Waals surface area contributed by atoms with Crippen LogP contribution in [0.1, 0.15) is 5.56 Å². The summed E-state index contributed by atoms with van der Waals surface area (Å²) in [6, 6.07) is 1.41. The highest BCUT2D eigenvalue weighted by molar-refractivity contribution is 9.11. The topological polar surface area (TPSA) is 74.8 Å². The minimum Gasteiger partial charge on any atom is -0.285 e. The van der Waals surface area contributed by atoms with Gasteiger partial charge in [0.2, 0.25) is 10.0 Å². The van der Waals surface area contributed by atoms with Crippen LogP contribution in [-0.4, -0.2) is 18.6 Å². The van der Waals surface area contributed by atoms with Crippen molar-refractivity contribution in [3.05, 3.63) is 32.8 Å². The molecule has 92 valence electrons. The predicted octanol–water partition coefficient (Wildman–Crippen LogP) is 2.37. The van der Waals surface area contributed by atoms with E-state index in [0.29, 0.717) is 8.81 Å². The van der Waals surface area contributed by atoms with Crippen LogP contribution in [0.4, 0.5) is 0 Å². The van der Waals surface area contributed by atoms with Gasteiger partial charge in [-0.15, -0.1) is 11.3 Å². The summed E-state index contributed by atoms with van der Waals surface area (Å²) >= 11 is 10.0. The summed E-state index contributed by atoms with van der Waals surface area (Å²) in [7, 11) is -3.53. The van der Waals surface area contributed by atoms with E-state index in [4.69, 9.17) is 11.6 Å². The van der Waals surface area contributed by atoms with Gasteiger partial charge in [-0.2, -0.15) is 5.10 Å². The van der Waals surface area contributed by atoms with Crippen LogP contribution < -0.4 is 4.72 Å². The van der Waals surface area contributed by atoms with Crippen molar-refractivity contribution in [2.24, 2.45) is 0 Å². The lowest BCUT2D eigenvalue weighted by molar-refractivity contribution is 0.583. The second-order valence-corrected chi connectivity index (χ2v) is 7.89. The molecule has 0 saturated carbocycles. The minimum atomic E-state index is -3.53. The Hall–Kier alpha value is -0.410. The molecule has 17 heavy (non-hydrogen) atoms. The zero-order valence-corrected chi connectivity index (χ0v) is 12.3. The van der Waals surface area contributed by atoms with Gasteiger partial charge in [0, 0.05) is 18.3 Å². The van der Waals surface area contributed by atoms with E-state index in [1.807, 2.05) is 0 Å². The summed E-state index contributed by atoms with van der Waals surface area (Å²) in [5, 5.41) is 6.72. The summed E-state index contributed by atoms with van der Waals surface area (Å²) in [5.41, 5.74) is 0.760. The average molecular weight is 357 g/mol. The molecule has 2 heterocycles. The van der Waals surface area contributed by atoms with Crippen LogP contribution in [0.2, 0.25) is 5.02 Å². The fourth-order valence-corrected chi connectivity index (χ4v) is 4.54. The van der Waals surface area contributed by atoms with Crippen LogP contribution in [0.15, 0.2) is 26.5 Å². The van der Waals surface area contributed by atoms with Crippen molar-refractivity contribution in [1.29, 1.82) is 0 Å². The lowest BCUT2D eigenvalue weighted by Crippen LogP contribution is -2.22. The maximum absolute atomic E-state index is 11.9. The fraction of sp³-hybridized carbons (Fsp3) is 0.125. The first-order valence-corrected chi connectivity index (χ1v) is 7.88.